The molecule has 1 aromatic carbocycles. The molecule has 0 spiro atoms. The molecule has 26 heavy (non-hydrogen) atoms. The summed E-state index contributed by atoms with van der Waals surface area (Å²) in [4.78, 5) is 16.4. The third-order valence-corrected chi connectivity index (χ3v) is 7.03. The Hall–Kier alpha value is -1.85. The van der Waals surface area contributed by atoms with Crippen molar-refractivity contribution in [2.45, 2.75) is 43.6 Å². The van der Waals surface area contributed by atoms with Crippen molar-refractivity contribution in [1.82, 2.24) is 5.32 Å². The summed E-state index contributed by atoms with van der Waals surface area (Å²) < 4.78 is 0. The van der Waals surface area contributed by atoms with E-state index in [1.807, 2.05) is 17.5 Å². The van der Waals surface area contributed by atoms with E-state index in [0.717, 1.165) is 49.1 Å². The van der Waals surface area contributed by atoms with Gasteiger partial charge in [-0.3, -0.25) is 4.79 Å². The Morgan fingerprint density at radius 3 is 2.88 bits per heavy atom. The van der Waals surface area contributed by atoms with Gasteiger partial charge in [-0.15, -0.1) is 11.3 Å². The molecule has 2 aliphatic rings. The number of carbonyl (C=O) groups is 1. The molecule has 4 nitrogen and oxygen atoms in total. The Kier molecular flexibility index (Phi) is 4.76. The topological polar surface area (TPSA) is 52.6 Å². The minimum absolute atomic E-state index is 0.0670. The number of benzene rings is 1. The molecule has 138 valence electrons. The number of rotatable bonds is 5. The molecular weight excluding hydrogens is 344 g/mol. The molecule has 0 bridgehead atoms. The van der Waals surface area contributed by atoms with Crippen LogP contribution >= 0.6 is 11.3 Å². The lowest BCUT2D eigenvalue weighted by atomic mass is 9.83. The Labute approximate surface area is 158 Å². The van der Waals surface area contributed by atoms with E-state index in [1.54, 1.807) is 11.3 Å². The number of aliphatic hydroxyl groups is 1. The van der Waals surface area contributed by atoms with Crippen LogP contribution in [0.5, 0.6) is 0 Å². The molecule has 2 aromatic rings. The van der Waals surface area contributed by atoms with Gasteiger partial charge < -0.3 is 15.3 Å². The fraction of sp³-hybridized carbons (Fsp3) is 0.476. The zero-order valence-corrected chi connectivity index (χ0v) is 16.0. The van der Waals surface area contributed by atoms with Crippen LogP contribution in [0.2, 0.25) is 0 Å². The average molecular weight is 371 g/mol. The first kappa shape index (κ1) is 17.6. The normalized spacial score (nSPS) is 19.4. The van der Waals surface area contributed by atoms with E-state index in [-0.39, 0.29) is 12.5 Å². The standard InChI is InChI=1S/C21H26N2O2S/c1-23-11-8-15-13-16(6-7-17(15)23)18(24)14-22-20(25)21(9-2-3-10-21)19-5-4-12-26-19/h4-7,12-13,18,24H,2-3,8-11,14H2,1H3,(H,22,25)/t18-/m1/s1. The monoisotopic (exact) mass is 370 g/mol. The number of carbonyl (C=O) groups excluding carboxylic acids is 1. The molecule has 4 rings (SSSR count). The van der Waals surface area contributed by atoms with Crippen molar-refractivity contribution in [2.24, 2.45) is 0 Å². The van der Waals surface area contributed by atoms with Crippen LogP contribution in [0.3, 0.4) is 0 Å². The summed E-state index contributed by atoms with van der Waals surface area (Å²) >= 11 is 1.66. The van der Waals surface area contributed by atoms with Crippen molar-refractivity contribution < 1.29 is 9.90 Å². The third kappa shape index (κ3) is 3.03. The van der Waals surface area contributed by atoms with Crippen molar-refractivity contribution in [3.63, 3.8) is 0 Å². The highest BCUT2D eigenvalue weighted by atomic mass is 32.1. The molecule has 1 aliphatic heterocycles. The Morgan fingerprint density at radius 2 is 2.15 bits per heavy atom. The van der Waals surface area contributed by atoms with Gasteiger partial charge in [0.15, 0.2) is 0 Å². The molecular formula is C21H26N2O2S. The van der Waals surface area contributed by atoms with Crippen molar-refractivity contribution >= 4 is 22.9 Å². The van der Waals surface area contributed by atoms with Crippen molar-refractivity contribution in [3.8, 4) is 0 Å². The van der Waals surface area contributed by atoms with Crippen molar-refractivity contribution in [3.05, 3.63) is 51.7 Å². The second-order valence-corrected chi connectivity index (χ2v) is 8.50. The second kappa shape index (κ2) is 7.05. The van der Waals surface area contributed by atoms with Crippen LogP contribution in [-0.2, 0) is 16.6 Å². The number of likely N-dealkylation sites (N-methyl/N-ethyl adjacent to an activating group) is 1. The fourth-order valence-electron chi connectivity index (χ4n) is 4.39. The molecule has 1 fully saturated rings. The van der Waals surface area contributed by atoms with Crippen LogP contribution in [0.1, 0.15) is 47.8 Å². The summed E-state index contributed by atoms with van der Waals surface area (Å²) in [5.74, 6) is 0.0670. The molecule has 5 heteroatoms. The number of hydrogen-bond donors (Lipinski definition) is 2. The molecule has 0 unspecified atom stereocenters. The van der Waals surface area contributed by atoms with Gasteiger partial charge in [-0.2, -0.15) is 0 Å². The number of hydrogen-bond acceptors (Lipinski definition) is 4. The van der Waals surface area contributed by atoms with E-state index < -0.39 is 11.5 Å². The number of amides is 1. The van der Waals surface area contributed by atoms with Crippen LogP contribution in [0.15, 0.2) is 35.7 Å². The minimum Gasteiger partial charge on any atom is -0.387 e. The zero-order valence-electron chi connectivity index (χ0n) is 15.2. The number of thiophene rings is 1. The number of nitrogens with zero attached hydrogens (tertiary/aromatic N) is 1. The second-order valence-electron chi connectivity index (χ2n) is 7.55. The van der Waals surface area contributed by atoms with E-state index in [2.05, 4.69) is 35.5 Å². The number of anilines is 1. The molecule has 1 atom stereocenters. The lowest BCUT2D eigenvalue weighted by Gasteiger charge is -2.27. The van der Waals surface area contributed by atoms with Crippen molar-refractivity contribution in [2.75, 3.05) is 25.0 Å². The van der Waals surface area contributed by atoms with E-state index in [1.165, 1.54) is 11.3 Å². The molecule has 1 aromatic heterocycles. The van der Waals surface area contributed by atoms with Crippen LogP contribution in [0, 0.1) is 0 Å². The summed E-state index contributed by atoms with van der Waals surface area (Å²) in [6.45, 7) is 1.29. The molecule has 2 N–H and O–H groups in total. The maximum Gasteiger partial charge on any atom is 0.231 e. The summed E-state index contributed by atoms with van der Waals surface area (Å²) in [6.07, 6.45) is 4.33. The summed E-state index contributed by atoms with van der Waals surface area (Å²) in [6, 6.07) is 10.2. The van der Waals surface area contributed by atoms with Gasteiger partial charge in [-0.25, -0.2) is 0 Å². The first-order valence-corrected chi connectivity index (χ1v) is 10.3. The van der Waals surface area contributed by atoms with Crippen molar-refractivity contribution in [1.29, 1.82) is 0 Å². The number of fused-ring (bicyclic) bond motifs is 1. The smallest absolute Gasteiger partial charge is 0.231 e. The van der Waals surface area contributed by atoms with Gasteiger partial charge in [0.25, 0.3) is 0 Å². The van der Waals surface area contributed by atoms with Crippen LogP contribution < -0.4 is 10.2 Å². The maximum absolute atomic E-state index is 13.0. The lowest BCUT2D eigenvalue weighted by Crippen LogP contribution is -2.43. The van der Waals surface area contributed by atoms with Gasteiger partial charge in [-0.05, 0) is 47.9 Å². The van der Waals surface area contributed by atoms with E-state index in [9.17, 15) is 9.90 Å². The highest BCUT2D eigenvalue weighted by Crippen LogP contribution is 2.43. The Balaban J connectivity index is 1.44. The summed E-state index contributed by atoms with van der Waals surface area (Å²) in [5.41, 5.74) is 3.01. The van der Waals surface area contributed by atoms with Crippen LogP contribution in [0.25, 0.3) is 0 Å². The van der Waals surface area contributed by atoms with Gasteiger partial charge >= 0.3 is 0 Å². The predicted octanol–water partition coefficient (Wildman–Crippen LogP) is 3.40. The van der Waals surface area contributed by atoms with E-state index in [0.29, 0.717) is 0 Å². The van der Waals surface area contributed by atoms with E-state index >= 15 is 0 Å². The zero-order chi connectivity index (χ0) is 18.1. The van der Waals surface area contributed by atoms with Gasteiger partial charge in [0.05, 0.1) is 11.5 Å². The molecule has 0 saturated heterocycles. The highest BCUT2D eigenvalue weighted by molar-refractivity contribution is 7.10. The number of nitrogens with one attached hydrogen (secondary N) is 1. The Morgan fingerprint density at radius 1 is 1.35 bits per heavy atom. The average Bonchev–Trinajstić information content (AvgIpc) is 3.40. The SMILES string of the molecule is CN1CCc2cc([C@H](O)CNC(=O)C3(c4cccs4)CCCC3)ccc21. The Bertz CT molecular complexity index is 781. The third-order valence-electron chi connectivity index (χ3n) is 5.96. The largest absolute Gasteiger partial charge is 0.387 e. The minimum atomic E-state index is -0.669. The van der Waals surface area contributed by atoms with Gasteiger partial charge in [0, 0.05) is 30.7 Å². The fourth-order valence-corrected chi connectivity index (χ4v) is 5.37. The molecule has 1 saturated carbocycles. The van der Waals surface area contributed by atoms with Crippen LogP contribution in [-0.4, -0.2) is 31.2 Å². The molecule has 1 amide bonds. The van der Waals surface area contributed by atoms with Gasteiger partial charge in [0.1, 0.15) is 0 Å². The predicted molar refractivity (Wildman–Crippen MR) is 106 cm³/mol. The first-order valence-electron chi connectivity index (χ1n) is 9.44. The first-order chi connectivity index (χ1) is 12.6. The summed E-state index contributed by atoms with van der Waals surface area (Å²) in [7, 11) is 2.09. The summed E-state index contributed by atoms with van der Waals surface area (Å²) in [5, 5.41) is 15.7. The highest BCUT2D eigenvalue weighted by Gasteiger charge is 2.43. The molecule has 0 radical (unpaired) electrons. The lowest BCUT2D eigenvalue weighted by molar-refractivity contribution is -0.127. The van der Waals surface area contributed by atoms with E-state index in [4.69, 9.17) is 0 Å². The van der Waals surface area contributed by atoms with Crippen LogP contribution in [0.4, 0.5) is 5.69 Å². The number of aliphatic hydroxyl groups excluding tert-OH is 1. The molecule has 2 heterocycles. The maximum atomic E-state index is 13.0. The van der Waals surface area contributed by atoms with Gasteiger partial charge in [0.2, 0.25) is 5.91 Å². The quantitative estimate of drug-likeness (QED) is 0.848. The van der Waals surface area contributed by atoms with Gasteiger partial charge in [-0.1, -0.05) is 31.0 Å². The molecule has 1 aliphatic carbocycles.